The highest BCUT2D eigenvalue weighted by atomic mass is 16.5. The molecule has 1 aromatic carbocycles. The number of ether oxygens (including phenoxy) is 1. The summed E-state index contributed by atoms with van der Waals surface area (Å²) in [6.07, 6.45) is 1.50. The van der Waals surface area contributed by atoms with Crippen LogP contribution in [0.5, 0.6) is 0 Å². The second-order valence-corrected chi connectivity index (χ2v) is 5.23. The number of anilines is 1. The van der Waals surface area contributed by atoms with Crippen molar-refractivity contribution in [3.8, 4) is 0 Å². The van der Waals surface area contributed by atoms with Gasteiger partial charge in [-0.25, -0.2) is 0 Å². The Morgan fingerprint density at radius 1 is 1.39 bits per heavy atom. The van der Waals surface area contributed by atoms with Gasteiger partial charge in [-0.05, 0) is 37.5 Å². The average Bonchev–Trinajstić information content (AvgIpc) is 2.70. The minimum Gasteiger partial charge on any atom is -0.377 e. The summed E-state index contributed by atoms with van der Waals surface area (Å²) in [5, 5.41) is 3.42. The second kappa shape index (κ2) is 6.21. The van der Waals surface area contributed by atoms with Crippen LogP contribution in [0, 0.1) is 0 Å². The van der Waals surface area contributed by atoms with Gasteiger partial charge in [0.15, 0.2) is 0 Å². The second-order valence-electron chi connectivity index (χ2n) is 5.23. The highest BCUT2D eigenvalue weighted by Crippen LogP contribution is 2.27. The molecule has 0 radical (unpaired) electrons. The van der Waals surface area contributed by atoms with Crippen molar-refractivity contribution < 1.29 is 4.74 Å². The van der Waals surface area contributed by atoms with Crippen LogP contribution in [0.3, 0.4) is 0 Å². The third-order valence-corrected chi connectivity index (χ3v) is 3.33. The number of likely N-dealkylation sites (N-methyl/N-ethyl adjacent to an activating group) is 1. The Labute approximate surface area is 110 Å². The molecule has 0 amide bonds. The molecule has 3 heteroatoms. The van der Waals surface area contributed by atoms with Crippen molar-refractivity contribution in [2.24, 2.45) is 0 Å². The molecule has 18 heavy (non-hydrogen) atoms. The van der Waals surface area contributed by atoms with Gasteiger partial charge < -0.3 is 15.0 Å². The minimum absolute atomic E-state index is 0.322. The van der Waals surface area contributed by atoms with Crippen molar-refractivity contribution in [1.29, 1.82) is 0 Å². The number of fused-ring (bicyclic) bond motifs is 1. The number of hydrogen-bond donors (Lipinski definition) is 1. The van der Waals surface area contributed by atoms with E-state index in [-0.39, 0.29) is 0 Å². The van der Waals surface area contributed by atoms with Gasteiger partial charge in [0.2, 0.25) is 0 Å². The molecule has 0 aromatic heterocycles. The molecule has 0 bridgehead atoms. The molecule has 1 aliphatic rings. The van der Waals surface area contributed by atoms with Crippen LogP contribution < -0.4 is 10.2 Å². The van der Waals surface area contributed by atoms with Crippen molar-refractivity contribution >= 4 is 5.69 Å². The summed E-state index contributed by atoms with van der Waals surface area (Å²) in [6.45, 7) is 7.90. The van der Waals surface area contributed by atoms with E-state index < -0.39 is 0 Å². The molecule has 2 rings (SSSR count). The Morgan fingerprint density at radius 3 is 3.00 bits per heavy atom. The first kappa shape index (κ1) is 13.4. The van der Waals surface area contributed by atoms with Gasteiger partial charge in [0.1, 0.15) is 0 Å². The molecule has 0 aliphatic carbocycles. The summed E-state index contributed by atoms with van der Waals surface area (Å²) >= 11 is 0. The lowest BCUT2D eigenvalue weighted by atomic mass is 10.1. The predicted molar refractivity (Wildman–Crippen MR) is 76.2 cm³/mol. The molecule has 0 fully saturated rings. The maximum atomic E-state index is 5.50. The van der Waals surface area contributed by atoms with E-state index in [1.807, 2.05) is 0 Å². The van der Waals surface area contributed by atoms with E-state index in [0.29, 0.717) is 6.10 Å². The standard InChI is InChI=1S/C15H24N2O/c1-12(2)18-9-7-16-11-13-4-5-15-14(10-13)6-8-17(15)3/h4-5,10,12,16H,6-9,11H2,1-3H3. The summed E-state index contributed by atoms with van der Waals surface area (Å²) < 4.78 is 5.50. The zero-order valence-electron chi connectivity index (χ0n) is 11.7. The molecule has 3 nitrogen and oxygen atoms in total. The SMILES string of the molecule is CC(C)OCCNCc1ccc2c(c1)CCN2C. The van der Waals surface area contributed by atoms with Crippen LogP contribution >= 0.6 is 0 Å². The van der Waals surface area contributed by atoms with Crippen LogP contribution in [-0.4, -0.2) is 32.8 Å². The summed E-state index contributed by atoms with van der Waals surface area (Å²) in [5.74, 6) is 0. The average molecular weight is 248 g/mol. The zero-order valence-corrected chi connectivity index (χ0v) is 11.7. The molecule has 0 spiro atoms. The topological polar surface area (TPSA) is 24.5 Å². The van der Waals surface area contributed by atoms with Crippen molar-refractivity contribution in [3.05, 3.63) is 29.3 Å². The van der Waals surface area contributed by atoms with Crippen LogP contribution in [0.15, 0.2) is 18.2 Å². The molecule has 100 valence electrons. The minimum atomic E-state index is 0.322. The fourth-order valence-electron chi connectivity index (χ4n) is 2.33. The fraction of sp³-hybridized carbons (Fsp3) is 0.600. The number of nitrogens with one attached hydrogen (secondary N) is 1. The molecular weight excluding hydrogens is 224 g/mol. The Bertz CT molecular complexity index is 390. The smallest absolute Gasteiger partial charge is 0.0594 e. The first-order valence-electron chi connectivity index (χ1n) is 6.82. The largest absolute Gasteiger partial charge is 0.377 e. The maximum absolute atomic E-state index is 5.50. The molecule has 0 saturated heterocycles. The number of nitrogens with zero attached hydrogens (tertiary/aromatic N) is 1. The van der Waals surface area contributed by atoms with Crippen LogP contribution in [0.25, 0.3) is 0 Å². The Hall–Kier alpha value is -1.06. The van der Waals surface area contributed by atoms with Gasteiger partial charge in [0.05, 0.1) is 12.7 Å². The van der Waals surface area contributed by atoms with Crippen LogP contribution in [0.2, 0.25) is 0 Å². The molecule has 1 aromatic rings. The molecular formula is C15H24N2O. The number of hydrogen-bond acceptors (Lipinski definition) is 3. The fourth-order valence-corrected chi connectivity index (χ4v) is 2.33. The first-order valence-corrected chi connectivity index (χ1v) is 6.82. The molecule has 0 saturated carbocycles. The predicted octanol–water partition coefficient (Wildman–Crippen LogP) is 2.19. The van der Waals surface area contributed by atoms with Crippen LogP contribution in [-0.2, 0) is 17.7 Å². The normalized spacial score (nSPS) is 14.3. The zero-order chi connectivity index (χ0) is 13.0. The lowest BCUT2D eigenvalue weighted by Gasteiger charge is -2.12. The van der Waals surface area contributed by atoms with Gasteiger partial charge in [-0.3, -0.25) is 0 Å². The lowest BCUT2D eigenvalue weighted by Crippen LogP contribution is -2.21. The highest BCUT2D eigenvalue weighted by Gasteiger charge is 2.15. The Kier molecular flexibility index (Phi) is 4.61. The van der Waals surface area contributed by atoms with Crippen LogP contribution in [0.4, 0.5) is 5.69 Å². The third kappa shape index (κ3) is 3.47. The summed E-state index contributed by atoms with van der Waals surface area (Å²) in [6, 6.07) is 6.79. The number of benzene rings is 1. The van der Waals surface area contributed by atoms with E-state index in [1.54, 1.807) is 0 Å². The number of rotatable bonds is 6. The Balaban J connectivity index is 1.77. The summed E-state index contributed by atoms with van der Waals surface area (Å²) in [7, 11) is 2.16. The van der Waals surface area contributed by atoms with Gasteiger partial charge in [-0.2, -0.15) is 0 Å². The molecule has 0 unspecified atom stereocenters. The van der Waals surface area contributed by atoms with E-state index in [2.05, 4.69) is 49.3 Å². The van der Waals surface area contributed by atoms with Crippen molar-refractivity contribution in [2.75, 3.05) is 31.6 Å². The van der Waals surface area contributed by atoms with E-state index in [1.165, 1.54) is 23.2 Å². The lowest BCUT2D eigenvalue weighted by molar-refractivity contribution is 0.0807. The molecule has 1 aliphatic heterocycles. The first-order chi connectivity index (χ1) is 8.66. The van der Waals surface area contributed by atoms with E-state index in [9.17, 15) is 0 Å². The van der Waals surface area contributed by atoms with Gasteiger partial charge in [0, 0.05) is 32.4 Å². The van der Waals surface area contributed by atoms with Crippen molar-refractivity contribution in [1.82, 2.24) is 5.32 Å². The third-order valence-electron chi connectivity index (χ3n) is 3.33. The van der Waals surface area contributed by atoms with Crippen molar-refractivity contribution in [3.63, 3.8) is 0 Å². The van der Waals surface area contributed by atoms with Gasteiger partial charge in [-0.1, -0.05) is 12.1 Å². The van der Waals surface area contributed by atoms with E-state index >= 15 is 0 Å². The maximum Gasteiger partial charge on any atom is 0.0594 e. The highest BCUT2D eigenvalue weighted by molar-refractivity contribution is 5.58. The molecule has 1 N–H and O–H groups in total. The van der Waals surface area contributed by atoms with Gasteiger partial charge in [-0.15, -0.1) is 0 Å². The van der Waals surface area contributed by atoms with E-state index in [0.717, 1.165) is 26.2 Å². The monoisotopic (exact) mass is 248 g/mol. The molecule has 1 heterocycles. The molecule has 0 atom stereocenters. The van der Waals surface area contributed by atoms with E-state index in [4.69, 9.17) is 4.74 Å². The van der Waals surface area contributed by atoms with Gasteiger partial charge >= 0.3 is 0 Å². The van der Waals surface area contributed by atoms with Crippen molar-refractivity contribution in [2.45, 2.75) is 32.9 Å². The van der Waals surface area contributed by atoms with Crippen LogP contribution in [0.1, 0.15) is 25.0 Å². The van der Waals surface area contributed by atoms with Gasteiger partial charge in [0.25, 0.3) is 0 Å². The summed E-state index contributed by atoms with van der Waals surface area (Å²) in [4.78, 5) is 2.32. The Morgan fingerprint density at radius 2 is 2.22 bits per heavy atom. The summed E-state index contributed by atoms with van der Waals surface area (Å²) in [5.41, 5.74) is 4.24. The quantitative estimate of drug-likeness (QED) is 0.781.